The summed E-state index contributed by atoms with van der Waals surface area (Å²) in [6.07, 6.45) is 2.91. The highest BCUT2D eigenvalue weighted by Gasteiger charge is 2.14. The van der Waals surface area contributed by atoms with Gasteiger partial charge in [-0.15, -0.1) is 0 Å². The Hall–Kier alpha value is -3.81. The van der Waals surface area contributed by atoms with Crippen LogP contribution in [0.5, 0.6) is 17.2 Å². The van der Waals surface area contributed by atoms with Gasteiger partial charge in [-0.05, 0) is 43.3 Å². The van der Waals surface area contributed by atoms with Crippen molar-refractivity contribution >= 4 is 23.1 Å². The van der Waals surface area contributed by atoms with Gasteiger partial charge in [0.15, 0.2) is 11.5 Å². The maximum Gasteiger partial charge on any atom is 0.275 e. The van der Waals surface area contributed by atoms with E-state index in [1.54, 1.807) is 24.3 Å². The Morgan fingerprint density at radius 3 is 2.57 bits per heavy atom. The van der Waals surface area contributed by atoms with Crippen molar-refractivity contribution in [2.75, 3.05) is 24.0 Å². The molecule has 2 aromatic carbocycles. The van der Waals surface area contributed by atoms with E-state index in [0.29, 0.717) is 29.6 Å². The third-order valence-electron chi connectivity index (χ3n) is 3.95. The van der Waals surface area contributed by atoms with Crippen molar-refractivity contribution in [1.82, 2.24) is 9.97 Å². The predicted molar refractivity (Wildman–Crippen MR) is 103 cm³/mol. The van der Waals surface area contributed by atoms with Crippen LogP contribution in [-0.2, 0) is 0 Å². The van der Waals surface area contributed by atoms with Crippen LogP contribution in [0.3, 0.4) is 0 Å². The van der Waals surface area contributed by atoms with Crippen LogP contribution in [0.15, 0.2) is 54.9 Å². The fourth-order valence-electron chi connectivity index (χ4n) is 2.63. The van der Waals surface area contributed by atoms with Gasteiger partial charge >= 0.3 is 0 Å². The fourth-order valence-corrected chi connectivity index (χ4v) is 2.63. The Balaban J connectivity index is 1.39. The SMILES string of the molecule is CCOc1ccc(NC(=O)c2cnc(Nc3ccc4c(c3)OCO4)cn2)cc1. The molecule has 0 saturated carbocycles. The van der Waals surface area contributed by atoms with Gasteiger partial charge in [0.25, 0.3) is 5.91 Å². The molecule has 0 bridgehead atoms. The minimum absolute atomic E-state index is 0.213. The smallest absolute Gasteiger partial charge is 0.275 e. The van der Waals surface area contributed by atoms with Gasteiger partial charge in [-0.3, -0.25) is 4.79 Å². The van der Waals surface area contributed by atoms with E-state index in [1.807, 2.05) is 25.1 Å². The number of hydrogen-bond acceptors (Lipinski definition) is 7. The molecule has 1 amide bonds. The largest absolute Gasteiger partial charge is 0.494 e. The number of nitrogens with zero attached hydrogens (tertiary/aromatic N) is 2. The van der Waals surface area contributed by atoms with Crippen molar-refractivity contribution < 1.29 is 19.0 Å². The van der Waals surface area contributed by atoms with Crippen LogP contribution < -0.4 is 24.8 Å². The standard InChI is InChI=1S/C20H18N4O4/c1-2-26-15-6-3-13(4-7-15)24-20(25)16-10-22-19(11-21-16)23-14-5-8-17-18(9-14)28-12-27-17/h3-11H,2,12H2,1H3,(H,22,23)(H,24,25). The molecule has 0 atom stereocenters. The van der Waals surface area contributed by atoms with Crippen molar-refractivity contribution in [2.24, 2.45) is 0 Å². The zero-order valence-corrected chi connectivity index (χ0v) is 15.1. The van der Waals surface area contributed by atoms with Gasteiger partial charge in [-0.1, -0.05) is 0 Å². The maximum atomic E-state index is 12.3. The summed E-state index contributed by atoms with van der Waals surface area (Å²) in [4.78, 5) is 20.7. The van der Waals surface area contributed by atoms with E-state index in [0.717, 1.165) is 11.4 Å². The first-order valence-electron chi connectivity index (χ1n) is 8.74. The zero-order valence-electron chi connectivity index (χ0n) is 15.1. The lowest BCUT2D eigenvalue weighted by Crippen LogP contribution is -2.14. The number of rotatable bonds is 6. The number of aromatic nitrogens is 2. The molecule has 0 radical (unpaired) electrons. The second kappa shape index (κ2) is 7.83. The third kappa shape index (κ3) is 3.96. The van der Waals surface area contributed by atoms with Crippen LogP contribution in [-0.4, -0.2) is 29.3 Å². The van der Waals surface area contributed by atoms with Crippen molar-refractivity contribution in [3.8, 4) is 17.2 Å². The molecule has 0 saturated heterocycles. The van der Waals surface area contributed by atoms with Crippen LogP contribution in [0.2, 0.25) is 0 Å². The Morgan fingerprint density at radius 2 is 1.82 bits per heavy atom. The second-order valence-corrected chi connectivity index (χ2v) is 5.89. The van der Waals surface area contributed by atoms with Crippen LogP contribution in [0.1, 0.15) is 17.4 Å². The molecule has 0 fully saturated rings. The Morgan fingerprint density at radius 1 is 1.04 bits per heavy atom. The summed E-state index contributed by atoms with van der Waals surface area (Å²) in [7, 11) is 0. The van der Waals surface area contributed by atoms with E-state index in [1.165, 1.54) is 12.4 Å². The number of carbonyl (C=O) groups is 1. The minimum Gasteiger partial charge on any atom is -0.494 e. The number of ether oxygens (including phenoxy) is 3. The number of fused-ring (bicyclic) bond motifs is 1. The molecule has 0 aliphatic carbocycles. The number of carbonyl (C=O) groups excluding carboxylic acids is 1. The first-order chi connectivity index (χ1) is 13.7. The summed E-state index contributed by atoms with van der Waals surface area (Å²) < 4.78 is 16.0. The van der Waals surface area contributed by atoms with Gasteiger partial charge in [-0.25, -0.2) is 9.97 Å². The molecule has 0 unspecified atom stereocenters. The summed E-state index contributed by atoms with van der Waals surface area (Å²) in [6.45, 7) is 2.73. The number of anilines is 3. The quantitative estimate of drug-likeness (QED) is 0.677. The van der Waals surface area contributed by atoms with Gasteiger partial charge in [0.05, 0.1) is 19.0 Å². The fraction of sp³-hybridized carbons (Fsp3) is 0.150. The topological polar surface area (TPSA) is 94.6 Å². The number of amides is 1. The van der Waals surface area contributed by atoms with E-state index in [9.17, 15) is 4.79 Å². The van der Waals surface area contributed by atoms with Crippen LogP contribution in [0.4, 0.5) is 17.2 Å². The van der Waals surface area contributed by atoms with E-state index >= 15 is 0 Å². The summed E-state index contributed by atoms with van der Waals surface area (Å²) in [5, 5.41) is 5.89. The molecule has 1 aliphatic rings. The molecule has 1 aliphatic heterocycles. The Kier molecular flexibility index (Phi) is 4.92. The summed E-state index contributed by atoms with van der Waals surface area (Å²) >= 11 is 0. The maximum absolute atomic E-state index is 12.3. The molecule has 3 aromatic rings. The molecular weight excluding hydrogens is 360 g/mol. The predicted octanol–water partition coefficient (Wildman–Crippen LogP) is 3.60. The van der Waals surface area contributed by atoms with Crippen LogP contribution in [0, 0.1) is 0 Å². The molecule has 4 rings (SSSR count). The highest BCUT2D eigenvalue weighted by Crippen LogP contribution is 2.34. The lowest BCUT2D eigenvalue weighted by molar-refractivity contribution is 0.102. The lowest BCUT2D eigenvalue weighted by Gasteiger charge is -2.08. The van der Waals surface area contributed by atoms with Crippen molar-refractivity contribution in [3.05, 3.63) is 60.6 Å². The van der Waals surface area contributed by atoms with Gasteiger partial charge in [0, 0.05) is 17.4 Å². The Bertz CT molecular complexity index is 975. The molecule has 2 heterocycles. The lowest BCUT2D eigenvalue weighted by atomic mass is 10.3. The molecule has 2 N–H and O–H groups in total. The van der Waals surface area contributed by atoms with E-state index in [4.69, 9.17) is 14.2 Å². The van der Waals surface area contributed by atoms with Gasteiger partial charge in [-0.2, -0.15) is 0 Å². The van der Waals surface area contributed by atoms with Gasteiger partial charge < -0.3 is 24.8 Å². The average molecular weight is 378 g/mol. The Labute approximate surface area is 161 Å². The molecule has 0 spiro atoms. The minimum atomic E-state index is -0.341. The summed E-state index contributed by atoms with van der Waals surface area (Å²) in [5.74, 6) is 2.30. The van der Waals surface area contributed by atoms with Gasteiger partial charge in [0.1, 0.15) is 17.3 Å². The monoisotopic (exact) mass is 378 g/mol. The van der Waals surface area contributed by atoms with Gasteiger partial charge in [0.2, 0.25) is 6.79 Å². The molecule has 1 aromatic heterocycles. The number of benzene rings is 2. The summed E-state index contributed by atoms with van der Waals surface area (Å²) in [6, 6.07) is 12.6. The highest BCUT2D eigenvalue weighted by molar-refractivity contribution is 6.02. The van der Waals surface area contributed by atoms with E-state index in [2.05, 4.69) is 20.6 Å². The molecule has 8 heteroatoms. The molecule has 28 heavy (non-hydrogen) atoms. The normalized spacial score (nSPS) is 11.8. The number of hydrogen-bond donors (Lipinski definition) is 2. The molecule has 142 valence electrons. The van der Waals surface area contributed by atoms with E-state index in [-0.39, 0.29) is 18.4 Å². The van der Waals surface area contributed by atoms with Crippen molar-refractivity contribution in [2.45, 2.75) is 6.92 Å². The summed E-state index contributed by atoms with van der Waals surface area (Å²) in [5.41, 5.74) is 1.65. The number of nitrogens with one attached hydrogen (secondary N) is 2. The third-order valence-corrected chi connectivity index (χ3v) is 3.95. The first-order valence-corrected chi connectivity index (χ1v) is 8.74. The second-order valence-electron chi connectivity index (χ2n) is 5.89. The zero-order chi connectivity index (χ0) is 19.3. The average Bonchev–Trinajstić information content (AvgIpc) is 3.18. The highest BCUT2D eigenvalue weighted by atomic mass is 16.7. The van der Waals surface area contributed by atoms with E-state index < -0.39 is 0 Å². The first kappa shape index (κ1) is 17.6. The molecular formula is C20H18N4O4. The van der Waals surface area contributed by atoms with Crippen molar-refractivity contribution in [3.63, 3.8) is 0 Å². The van der Waals surface area contributed by atoms with Crippen LogP contribution >= 0.6 is 0 Å². The van der Waals surface area contributed by atoms with Crippen molar-refractivity contribution in [1.29, 1.82) is 0 Å². The van der Waals surface area contributed by atoms with Crippen LogP contribution in [0.25, 0.3) is 0 Å². The molecule has 8 nitrogen and oxygen atoms in total.